The van der Waals surface area contributed by atoms with Gasteiger partial charge in [-0.05, 0) is 0 Å². The van der Waals surface area contributed by atoms with Gasteiger partial charge in [0.25, 0.3) is 0 Å². The third-order valence-electron chi connectivity index (χ3n) is 7.85. The fraction of sp³-hybridized carbons (Fsp3) is 1.00. The first kappa shape index (κ1) is 34.4. The van der Waals surface area contributed by atoms with Gasteiger partial charge >= 0.3 is 221 Å². The fourth-order valence-corrected chi connectivity index (χ4v) is 28.7. The van der Waals surface area contributed by atoms with E-state index in [2.05, 4.69) is 41.5 Å². The van der Waals surface area contributed by atoms with Crippen LogP contribution in [0.3, 0.4) is 0 Å². The summed E-state index contributed by atoms with van der Waals surface area (Å²) in [6, 6.07) is 0. The Bertz CT molecular complexity index is 310. The maximum atomic E-state index is 8.08. The second-order valence-corrected chi connectivity index (χ2v) is 24.9. The molecule has 0 saturated heterocycles. The van der Waals surface area contributed by atoms with Crippen LogP contribution in [0.1, 0.15) is 157 Å². The summed E-state index contributed by atoms with van der Waals surface area (Å²) < 4.78 is 17.3. The molecule has 0 aromatic heterocycles. The van der Waals surface area contributed by atoms with Crippen LogP contribution in [0.25, 0.3) is 0 Å². The molecule has 1 nitrogen and oxygen atoms in total. The van der Waals surface area contributed by atoms with Crippen LogP contribution in [0.5, 0.6) is 0 Å². The summed E-state index contributed by atoms with van der Waals surface area (Å²) in [5.74, 6) is 0. The van der Waals surface area contributed by atoms with Gasteiger partial charge in [0.05, 0.1) is 0 Å². The molecule has 0 atom stereocenters. The molecule has 0 aliphatic rings. The van der Waals surface area contributed by atoms with Crippen molar-refractivity contribution >= 4 is 0 Å². The quantitative estimate of drug-likeness (QED) is 0.0786. The van der Waals surface area contributed by atoms with E-state index in [4.69, 9.17) is 1.90 Å². The van der Waals surface area contributed by atoms with Crippen molar-refractivity contribution in [2.45, 2.75) is 185 Å². The molecule has 0 spiro atoms. The number of rotatable bonds is 26. The molecule has 0 bridgehead atoms. The molecule has 200 valence electrons. The molecule has 0 aromatic carbocycles. The van der Waals surface area contributed by atoms with E-state index >= 15 is 0 Å². The molecule has 0 amide bonds. The third-order valence-corrected chi connectivity index (χ3v) is 26.6. The first-order valence-electron chi connectivity index (χ1n) is 15.8. The minimum absolute atomic E-state index is 1.36. The molecule has 0 N–H and O–H groups in total. The molecule has 0 rings (SSSR count). The number of hydrogen-bond donors (Lipinski definition) is 0. The molecule has 0 unspecified atom stereocenters. The van der Waals surface area contributed by atoms with Gasteiger partial charge in [-0.1, -0.05) is 0 Å². The van der Waals surface area contributed by atoms with Crippen molar-refractivity contribution in [3.63, 3.8) is 0 Å². The van der Waals surface area contributed by atoms with Gasteiger partial charge in [-0.3, -0.25) is 0 Å². The molecule has 0 aliphatic heterocycles. The first-order chi connectivity index (χ1) is 16.1. The molecule has 33 heavy (non-hydrogen) atoms. The third kappa shape index (κ3) is 17.5. The molecule has 0 aromatic rings. The fourth-order valence-electron chi connectivity index (χ4n) is 5.70. The standard InChI is InChI=1S/6C5H11.O.2Ti/c6*1-3-5-4-2;;;/h6*1,3-5H2,2H3;;;. The van der Waals surface area contributed by atoms with Crippen LogP contribution in [0.4, 0.5) is 0 Å². The Kier molecular flexibility index (Phi) is 24.8. The van der Waals surface area contributed by atoms with Gasteiger partial charge < -0.3 is 0 Å². The topological polar surface area (TPSA) is 9.23 Å². The summed E-state index contributed by atoms with van der Waals surface area (Å²) in [5.41, 5.74) is 0. The molecule has 0 saturated carbocycles. The van der Waals surface area contributed by atoms with Crippen LogP contribution >= 0.6 is 0 Å². The van der Waals surface area contributed by atoms with E-state index < -0.39 is 34.0 Å². The molecule has 0 radical (unpaired) electrons. The van der Waals surface area contributed by atoms with E-state index in [0.717, 1.165) is 0 Å². The Labute approximate surface area is 220 Å². The van der Waals surface area contributed by atoms with Crippen molar-refractivity contribution < 1.29 is 35.9 Å². The van der Waals surface area contributed by atoms with E-state index in [-0.39, 0.29) is 0 Å². The van der Waals surface area contributed by atoms with Crippen LogP contribution in [0.15, 0.2) is 0 Å². The zero-order valence-electron chi connectivity index (χ0n) is 24.4. The Morgan fingerprint density at radius 2 is 0.485 bits per heavy atom. The first-order valence-corrected chi connectivity index (χ1v) is 23.7. The molecule has 0 fully saturated rings. The second-order valence-electron chi connectivity index (χ2n) is 11.2. The predicted octanol–water partition coefficient (Wildman–Crippen LogP) is 12.8. The average molecular weight is 539 g/mol. The molecule has 0 heterocycles. The molecular formula is C30H66OTi2. The summed E-state index contributed by atoms with van der Waals surface area (Å²) in [4.78, 5) is 0. The maximum absolute atomic E-state index is 8.08. The van der Waals surface area contributed by atoms with E-state index in [0.29, 0.717) is 0 Å². The normalized spacial score (nSPS) is 12.5. The van der Waals surface area contributed by atoms with Gasteiger partial charge in [-0.2, -0.15) is 0 Å². The van der Waals surface area contributed by atoms with Gasteiger partial charge in [0.2, 0.25) is 0 Å². The number of hydrogen-bond acceptors (Lipinski definition) is 1. The van der Waals surface area contributed by atoms with Crippen LogP contribution in [0.2, 0.25) is 28.4 Å². The predicted molar refractivity (Wildman–Crippen MR) is 147 cm³/mol. The zero-order valence-corrected chi connectivity index (χ0v) is 27.5. The van der Waals surface area contributed by atoms with Gasteiger partial charge in [0.1, 0.15) is 0 Å². The van der Waals surface area contributed by atoms with Gasteiger partial charge in [0.15, 0.2) is 0 Å². The summed E-state index contributed by atoms with van der Waals surface area (Å²) in [5, 5.41) is 0. The Morgan fingerprint density at radius 1 is 0.303 bits per heavy atom. The van der Waals surface area contributed by atoms with Crippen molar-refractivity contribution in [1.29, 1.82) is 0 Å². The zero-order chi connectivity index (χ0) is 24.7. The van der Waals surface area contributed by atoms with E-state index in [1.54, 1.807) is 0 Å². The summed E-state index contributed by atoms with van der Waals surface area (Å²) >= 11 is -4.58. The van der Waals surface area contributed by atoms with Gasteiger partial charge in [-0.25, -0.2) is 0 Å². The Hall–Kier alpha value is 1.39. The van der Waals surface area contributed by atoms with Gasteiger partial charge in [0, 0.05) is 0 Å². The number of unbranched alkanes of at least 4 members (excludes halogenated alkanes) is 12. The van der Waals surface area contributed by atoms with Gasteiger partial charge in [-0.15, -0.1) is 0 Å². The molecule has 3 heteroatoms. The minimum atomic E-state index is -2.29. The van der Waals surface area contributed by atoms with Crippen LogP contribution in [0, 0.1) is 0 Å². The Balaban J connectivity index is 5.91. The monoisotopic (exact) mass is 538 g/mol. The summed E-state index contributed by atoms with van der Waals surface area (Å²) in [6.07, 6.45) is 25.5. The van der Waals surface area contributed by atoms with E-state index in [1.165, 1.54) is 144 Å². The second kappa shape index (κ2) is 23.8. The van der Waals surface area contributed by atoms with E-state index in [1.807, 2.05) is 0 Å². The van der Waals surface area contributed by atoms with Crippen molar-refractivity contribution in [3.05, 3.63) is 0 Å². The van der Waals surface area contributed by atoms with Crippen molar-refractivity contribution in [3.8, 4) is 0 Å². The molecule has 0 aliphatic carbocycles. The SMILES string of the molecule is CCCC[CH2][Ti]([CH2]CCCC)([CH2]CCCC)[O][Ti]([CH2]CCCC)([CH2]CCCC)[CH2]CCCC. The van der Waals surface area contributed by atoms with E-state index in [9.17, 15) is 0 Å². The average Bonchev–Trinajstić information content (AvgIpc) is 2.80. The summed E-state index contributed by atoms with van der Waals surface area (Å²) in [7, 11) is 0. The van der Waals surface area contributed by atoms with Crippen LogP contribution in [-0.4, -0.2) is 0 Å². The summed E-state index contributed by atoms with van der Waals surface area (Å²) in [6.45, 7) is 14.3. The molecular weight excluding hydrogens is 472 g/mol. The van der Waals surface area contributed by atoms with Crippen LogP contribution in [-0.2, 0) is 35.9 Å². The van der Waals surface area contributed by atoms with Crippen LogP contribution < -0.4 is 0 Å². The Morgan fingerprint density at radius 3 is 0.636 bits per heavy atom. The van der Waals surface area contributed by atoms with Crippen molar-refractivity contribution in [2.75, 3.05) is 0 Å². The van der Waals surface area contributed by atoms with Crippen molar-refractivity contribution in [1.82, 2.24) is 0 Å². The van der Waals surface area contributed by atoms with Crippen molar-refractivity contribution in [2.24, 2.45) is 0 Å².